The Kier molecular flexibility index (Phi) is 6.06. The van der Waals surface area contributed by atoms with Crippen molar-refractivity contribution in [2.45, 2.75) is 45.1 Å². The minimum Gasteiger partial charge on any atom is -0.344 e. The molecule has 27 heavy (non-hydrogen) atoms. The van der Waals surface area contributed by atoms with E-state index in [1.807, 2.05) is 29.6 Å². The van der Waals surface area contributed by atoms with Gasteiger partial charge in [0.1, 0.15) is 0 Å². The van der Waals surface area contributed by atoms with Crippen molar-refractivity contribution in [3.8, 4) is 0 Å². The van der Waals surface area contributed by atoms with Crippen molar-refractivity contribution in [3.05, 3.63) is 57.8 Å². The number of hydrogen-bond donors (Lipinski definition) is 1. The van der Waals surface area contributed by atoms with Gasteiger partial charge in [-0.05, 0) is 28.5 Å². The van der Waals surface area contributed by atoms with E-state index in [-0.39, 0.29) is 49.6 Å². The molecular formula is C21H24N2O3S. The first-order valence-electron chi connectivity index (χ1n) is 9.21. The van der Waals surface area contributed by atoms with Gasteiger partial charge in [-0.2, -0.15) is 0 Å². The molecule has 5 nitrogen and oxygen atoms in total. The molecule has 3 rings (SSSR count). The van der Waals surface area contributed by atoms with Gasteiger partial charge in [-0.1, -0.05) is 44.2 Å². The zero-order chi connectivity index (χ0) is 19.4. The third-order valence-electron chi connectivity index (χ3n) is 4.79. The largest absolute Gasteiger partial charge is 0.344 e. The summed E-state index contributed by atoms with van der Waals surface area (Å²) in [6.07, 6.45) is 0.615. The van der Waals surface area contributed by atoms with Crippen LogP contribution in [0.5, 0.6) is 0 Å². The second-order valence-electron chi connectivity index (χ2n) is 7.03. The van der Waals surface area contributed by atoms with Crippen molar-refractivity contribution in [2.24, 2.45) is 0 Å². The summed E-state index contributed by atoms with van der Waals surface area (Å²) in [5.74, 6) is -0.100. The van der Waals surface area contributed by atoms with Crippen molar-refractivity contribution < 1.29 is 14.4 Å². The number of likely N-dealkylation sites (tertiary alicyclic amines) is 1. The minimum atomic E-state index is -0.233. The molecule has 1 unspecified atom stereocenters. The summed E-state index contributed by atoms with van der Waals surface area (Å²) in [7, 11) is 0. The normalized spacial score (nSPS) is 15.4. The van der Waals surface area contributed by atoms with E-state index in [4.69, 9.17) is 0 Å². The minimum absolute atomic E-state index is 0.115. The quantitative estimate of drug-likeness (QED) is 0.742. The van der Waals surface area contributed by atoms with E-state index in [0.717, 1.165) is 10.4 Å². The fourth-order valence-corrected chi connectivity index (χ4v) is 3.97. The smallest absolute Gasteiger partial charge is 0.229 e. The number of nitrogens with one attached hydrogen (secondary N) is 1. The molecule has 0 saturated carbocycles. The number of rotatable bonds is 7. The van der Waals surface area contributed by atoms with Gasteiger partial charge in [-0.15, -0.1) is 11.3 Å². The number of carbonyl (C=O) groups excluding carboxylic acids is 3. The van der Waals surface area contributed by atoms with Gasteiger partial charge >= 0.3 is 0 Å². The maximum absolute atomic E-state index is 12.5. The van der Waals surface area contributed by atoms with Crippen LogP contribution in [0.4, 0.5) is 0 Å². The summed E-state index contributed by atoms with van der Waals surface area (Å²) in [5, 5.41) is 5.04. The fourth-order valence-electron chi connectivity index (χ4n) is 3.17. The molecule has 1 saturated heterocycles. The van der Waals surface area contributed by atoms with Gasteiger partial charge < -0.3 is 5.32 Å². The number of hydrogen-bond acceptors (Lipinski definition) is 4. The number of benzene rings is 1. The zero-order valence-electron chi connectivity index (χ0n) is 15.6. The Balaban J connectivity index is 1.69. The van der Waals surface area contributed by atoms with E-state index in [1.165, 1.54) is 10.5 Å². The maximum atomic E-state index is 12.5. The fraction of sp³-hybridized carbons (Fsp3) is 0.381. The molecule has 1 fully saturated rings. The SMILES string of the molecule is CC(C)c1ccc(C(NC(=O)CCN2C(=O)CCC2=O)c2cccs2)cc1. The summed E-state index contributed by atoms with van der Waals surface area (Å²) < 4.78 is 0. The first-order valence-corrected chi connectivity index (χ1v) is 10.1. The molecule has 1 aromatic heterocycles. The van der Waals surface area contributed by atoms with Crippen LogP contribution in [-0.4, -0.2) is 29.2 Å². The van der Waals surface area contributed by atoms with Gasteiger partial charge in [0.05, 0.1) is 6.04 Å². The third kappa shape index (κ3) is 4.63. The maximum Gasteiger partial charge on any atom is 0.229 e. The molecule has 2 aromatic rings. The Morgan fingerprint density at radius 2 is 1.70 bits per heavy atom. The standard InChI is InChI=1S/C21H24N2O3S/c1-14(2)15-5-7-16(8-6-15)21(17-4-3-13-27-17)22-18(24)11-12-23-19(25)9-10-20(23)26/h3-8,13-14,21H,9-12H2,1-2H3,(H,22,24). The molecule has 6 heteroatoms. The number of nitrogens with zero attached hydrogens (tertiary/aromatic N) is 1. The lowest BCUT2D eigenvalue weighted by Gasteiger charge is -2.20. The number of thiophene rings is 1. The number of amides is 3. The van der Waals surface area contributed by atoms with Crippen LogP contribution in [0.2, 0.25) is 0 Å². The Morgan fingerprint density at radius 3 is 2.26 bits per heavy atom. The van der Waals surface area contributed by atoms with Gasteiger partial charge in [0.15, 0.2) is 0 Å². The van der Waals surface area contributed by atoms with Crippen LogP contribution in [0.3, 0.4) is 0 Å². The molecule has 1 aliphatic heterocycles. The Hall–Kier alpha value is -2.47. The summed E-state index contributed by atoms with van der Waals surface area (Å²) in [6, 6.07) is 12.0. The van der Waals surface area contributed by atoms with Crippen LogP contribution in [0.15, 0.2) is 41.8 Å². The number of carbonyl (C=O) groups is 3. The predicted octanol–water partition coefficient (Wildman–Crippen LogP) is 3.62. The van der Waals surface area contributed by atoms with Crippen LogP contribution < -0.4 is 5.32 Å². The van der Waals surface area contributed by atoms with E-state index in [9.17, 15) is 14.4 Å². The van der Waals surface area contributed by atoms with Gasteiger partial charge in [-0.25, -0.2) is 0 Å². The van der Waals surface area contributed by atoms with Crippen molar-refractivity contribution in [3.63, 3.8) is 0 Å². The molecule has 3 amide bonds. The Morgan fingerprint density at radius 1 is 1.07 bits per heavy atom. The highest BCUT2D eigenvalue weighted by molar-refractivity contribution is 7.10. The second-order valence-corrected chi connectivity index (χ2v) is 8.01. The lowest BCUT2D eigenvalue weighted by Crippen LogP contribution is -2.35. The molecule has 142 valence electrons. The summed E-state index contributed by atoms with van der Waals surface area (Å²) in [4.78, 5) is 38.1. The van der Waals surface area contributed by atoms with Crippen molar-refractivity contribution in [1.29, 1.82) is 0 Å². The third-order valence-corrected chi connectivity index (χ3v) is 5.72. The van der Waals surface area contributed by atoms with Crippen LogP contribution >= 0.6 is 11.3 Å². The average molecular weight is 385 g/mol. The van der Waals surface area contributed by atoms with Gasteiger partial charge in [0.2, 0.25) is 17.7 Å². The van der Waals surface area contributed by atoms with Gasteiger partial charge in [0.25, 0.3) is 0 Å². The highest BCUT2D eigenvalue weighted by atomic mass is 32.1. The van der Waals surface area contributed by atoms with E-state index in [2.05, 4.69) is 31.3 Å². The molecule has 0 radical (unpaired) electrons. The second kappa shape index (κ2) is 8.48. The molecule has 1 N–H and O–H groups in total. The number of imide groups is 1. The van der Waals surface area contributed by atoms with E-state index >= 15 is 0 Å². The molecule has 2 heterocycles. The lowest BCUT2D eigenvalue weighted by molar-refractivity contribution is -0.138. The Bertz CT molecular complexity index is 796. The lowest BCUT2D eigenvalue weighted by atomic mass is 9.98. The molecule has 1 aromatic carbocycles. The summed E-state index contributed by atoms with van der Waals surface area (Å²) in [5.41, 5.74) is 2.27. The zero-order valence-corrected chi connectivity index (χ0v) is 16.4. The molecular weight excluding hydrogens is 360 g/mol. The van der Waals surface area contributed by atoms with Crippen LogP contribution in [0.25, 0.3) is 0 Å². The molecule has 1 atom stereocenters. The highest BCUT2D eigenvalue weighted by Gasteiger charge is 2.29. The molecule has 0 spiro atoms. The highest BCUT2D eigenvalue weighted by Crippen LogP contribution is 2.27. The topological polar surface area (TPSA) is 66.5 Å². The first-order chi connectivity index (χ1) is 13.0. The van der Waals surface area contributed by atoms with E-state index in [1.54, 1.807) is 11.3 Å². The van der Waals surface area contributed by atoms with E-state index < -0.39 is 0 Å². The monoisotopic (exact) mass is 384 g/mol. The molecule has 0 bridgehead atoms. The first kappa shape index (κ1) is 19.3. The van der Waals surface area contributed by atoms with Crippen molar-refractivity contribution in [1.82, 2.24) is 10.2 Å². The summed E-state index contributed by atoms with van der Waals surface area (Å²) in [6.45, 7) is 4.44. The van der Waals surface area contributed by atoms with E-state index in [0.29, 0.717) is 5.92 Å². The van der Waals surface area contributed by atoms with Crippen LogP contribution in [0, 0.1) is 0 Å². The van der Waals surface area contributed by atoms with Crippen molar-refractivity contribution >= 4 is 29.1 Å². The van der Waals surface area contributed by atoms with Gasteiger partial charge in [0, 0.05) is 30.7 Å². The van der Waals surface area contributed by atoms with Crippen LogP contribution in [-0.2, 0) is 14.4 Å². The summed E-state index contributed by atoms with van der Waals surface area (Å²) >= 11 is 1.59. The predicted molar refractivity (Wildman–Crippen MR) is 105 cm³/mol. The Labute approximate surface area is 163 Å². The average Bonchev–Trinajstić information content (AvgIpc) is 3.29. The van der Waals surface area contributed by atoms with Crippen LogP contribution in [0.1, 0.15) is 61.1 Å². The molecule has 1 aliphatic rings. The van der Waals surface area contributed by atoms with Crippen molar-refractivity contribution in [2.75, 3.05) is 6.54 Å². The molecule has 0 aliphatic carbocycles. The van der Waals surface area contributed by atoms with Gasteiger partial charge in [-0.3, -0.25) is 19.3 Å².